The Balaban J connectivity index is 2.59. The Morgan fingerprint density at radius 3 is 1.63 bits per heavy atom. The molecule has 1 N–H and O–H groups in total. The molecule has 4 nitrogen and oxygen atoms in total. The normalized spacial score (nSPS) is 14.3. The summed E-state index contributed by atoms with van der Waals surface area (Å²) in [5, 5.41) is 8.60. The second kappa shape index (κ2) is 4.61. The van der Waals surface area contributed by atoms with E-state index in [0.29, 0.717) is 4.90 Å². The first-order chi connectivity index (χ1) is 8.91. The number of benzene rings is 1. The molecule has 1 aromatic carbocycles. The summed E-state index contributed by atoms with van der Waals surface area (Å²) in [6, 6.07) is 0. The molecule has 0 aliphatic carbocycles. The molecular formula is C11H7F4NO3. The predicted octanol–water partition coefficient (Wildman–Crippen LogP) is 1.22. The van der Waals surface area contributed by atoms with Crippen molar-refractivity contribution >= 4 is 11.8 Å². The number of carbonyl (C=O) groups excluding carboxylic acids is 2. The van der Waals surface area contributed by atoms with E-state index in [2.05, 4.69) is 0 Å². The second-order valence-electron chi connectivity index (χ2n) is 3.85. The van der Waals surface area contributed by atoms with Gasteiger partial charge in [-0.1, -0.05) is 0 Å². The van der Waals surface area contributed by atoms with Gasteiger partial charge in [0.05, 0.1) is 11.1 Å². The third-order valence-electron chi connectivity index (χ3n) is 2.72. The first-order valence-electron chi connectivity index (χ1n) is 5.24. The topological polar surface area (TPSA) is 57.6 Å². The van der Waals surface area contributed by atoms with Crippen LogP contribution in [0.25, 0.3) is 0 Å². The summed E-state index contributed by atoms with van der Waals surface area (Å²) >= 11 is 0. The summed E-state index contributed by atoms with van der Waals surface area (Å²) in [6.45, 7) is -0.661. The van der Waals surface area contributed by atoms with E-state index < -0.39 is 46.2 Å². The van der Waals surface area contributed by atoms with Crippen molar-refractivity contribution in [3.63, 3.8) is 0 Å². The molecule has 2 rings (SSSR count). The van der Waals surface area contributed by atoms with Gasteiger partial charge in [-0.3, -0.25) is 14.5 Å². The van der Waals surface area contributed by atoms with Gasteiger partial charge in [-0.15, -0.1) is 0 Å². The molecule has 8 heteroatoms. The molecule has 0 unspecified atom stereocenters. The van der Waals surface area contributed by atoms with Gasteiger partial charge < -0.3 is 5.11 Å². The number of carbonyl (C=O) groups is 2. The highest BCUT2D eigenvalue weighted by atomic mass is 19.2. The average molecular weight is 277 g/mol. The van der Waals surface area contributed by atoms with Crippen molar-refractivity contribution < 1.29 is 32.3 Å². The van der Waals surface area contributed by atoms with Gasteiger partial charge in [0.2, 0.25) is 0 Å². The zero-order valence-electron chi connectivity index (χ0n) is 9.34. The number of rotatable bonds is 3. The van der Waals surface area contributed by atoms with E-state index in [-0.39, 0.29) is 19.6 Å². The molecular weight excluding hydrogens is 270 g/mol. The van der Waals surface area contributed by atoms with E-state index in [1.165, 1.54) is 0 Å². The van der Waals surface area contributed by atoms with Gasteiger partial charge in [-0.2, -0.15) is 0 Å². The fourth-order valence-electron chi connectivity index (χ4n) is 1.83. The van der Waals surface area contributed by atoms with E-state index in [9.17, 15) is 27.2 Å². The Hall–Kier alpha value is -1.96. The number of imide groups is 1. The lowest BCUT2D eigenvalue weighted by atomic mass is 10.1. The van der Waals surface area contributed by atoms with Crippen molar-refractivity contribution in [2.75, 3.05) is 13.2 Å². The molecule has 1 aromatic rings. The van der Waals surface area contributed by atoms with Crippen molar-refractivity contribution in [2.45, 2.75) is 6.42 Å². The van der Waals surface area contributed by atoms with Gasteiger partial charge in [0.15, 0.2) is 23.3 Å². The molecule has 0 fully saturated rings. The molecule has 0 atom stereocenters. The first-order valence-corrected chi connectivity index (χ1v) is 5.24. The molecule has 0 saturated carbocycles. The lowest BCUT2D eigenvalue weighted by Gasteiger charge is -2.11. The Bertz CT molecular complexity index is 541. The summed E-state index contributed by atoms with van der Waals surface area (Å²) in [6.07, 6.45) is -0.0142. The molecule has 102 valence electrons. The largest absolute Gasteiger partial charge is 0.396 e. The Kier molecular flexibility index (Phi) is 3.27. The number of hydrogen-bond donors (Lipinski definition) is 1. The minimum Gasteiger partial charge on any atom is -0.396 e. The number of fused-ring (bicyclic) bond motifs is 1. The minimum atomic E-state index is -2.14. The highest BCUT2D eigenvalue weighted by Crippen LogP contribution is 2.31. The molecule has 2 amide bonds. The lowest BCUT2D eigenvalue weighted by molar-refractivity contribution is 0.0642. The fourth-order valence-corrected chi connectivity index (χ4v) is 1.83. The highest BCUT2D eigenvalue weighted by Gasteiger charge is 2.43. The van der Waals surface area contributed by atoms with E-state index in [0.717, 1.165) is 0 Å². The maximum Gasteiger partial charge on any atom is 0.264 e. The van der Waals surface area contributed by atoms with Crippen LogP contribution >= 0.6 is 0 Å². The summed E-state index contributed by atoms with van der Waals surface area (Å²) in [4.78, 5) is 23.8. The van der Waals surface area contributed by atoms with Crippen LogP contribution in [0.4, 0.5) is 17.6 Å². The molecule has 1 aliphatic heterocycles. The third kappa shape index (κ3) is 1.79. The third-order valence-corrected chi connectivity index (χ3v) is 2.72. The number of aliphatic hydroxyl groups is 1. The van der Waals surface area contributed by atoms with Crippen molar-refractivity contribution in [3.05, 3.63) is 34.4 Å². The fraction of sp³-hybridized carbons (Fsp3) is 0.273. The monoisotopic (exact) mass is 277 g/mol. The standard InChI is InChI=1S/C11H7F4NO3/c12-6-4-5(7(13)9(15)8(6)14)11(19)16(10(4)18)2-1-3-17/h17H,1-3H2. The summed E-state index contributed by atoms with van der Waals surface area (Å²) in [5.74, 6) is -10.5. The minimum absolute atomic E-state index is 0.0142. The second-order valence-corrected chi connectivity index (χ2v) is 3.85. The number of aliphatic hydroxyl groups excluding tert-OH is 1. The number of nitrogens with zero attached hydrogens (tertiary/aromatic N) is 1. The smallest absolute Gasteiger partial charge is 0.264 e. The van der Waals surface area contributed by atoms with Crippen LogP contribution in [0, 0.1) is 23.3 Å². The van der Waals surface area contributed by atoms with Crippen LogP contribution in [0.1, 0.15) is 27.1 Å². The van der Waals surface area contributed by atoms with Crippen LogP contribution in [0.15, 0.2) is 0 Å². The summed E-state index contributed by atoms with van der Waals surface area (Å²) in [5.41, 5.74) is -2.22. The van der Waals surface area contributed by atoms with Gasteiger partial charge in [0.1, 0.15) is 0 Å². The van der Waals surface area contributed by atoms with Gasteiger partial charge in [-0.05, 0) is 6.42 Å². The quantitative estimate of drug-likeness (QED) is 0.391. The maximum atomic E-state index is 13.4. The van der Waals surface area contributed by atoms with Crippen molar-refractivity contribution in [2.24, 2.45) is 0 Å². The Morgan fingerprint density at radius 1 is 0.842 bits per heavy atom. The average Bonchev–Trinajstić information content (AvgIpc) is 2.63. The summed E-state index contributed by atoms with van der Waals surface area (Å²) < 4.78 is 52.9. The molecule has 1 aliphatic rings. The van der Waals surface area contributed by atoms with Crippen molar-refractivity contribution in [1.82, 2.24) is 4.90 Å². The number of hydrogen-bond acceptors (Lipinski definition) is 3. The van der Waals surface area contributed by atoms with Crippen LogP contribution in [-0.2, 0) is 0 Å². The molecule has 0 aromatic heterocycles. The Labute approximate surface area is 104 Å². The van der Waals surface area contributed by atoms with Crippen molar-refractivity contribution in [1.29, 1.82) is 0 Å². The SMILES string of the molecule is O=C1c2c(F)c(F)c(F)c(F)c2C(=O)N1CCCO. The van der Waals surface area contributed by atoms with Gasteiger partial charge >= 0.3 is 0 Å². The zero-order valence-corrected chi connectivity index (χ0v) is 9.34. The number of amides is 2. The van der Waals surface area contributed by atoms with Gasteiger partial charge in [-0.25, -0.2) is 17.6 Å². The van der Waals surface area contributed by atoms with E-state index in [4.69, 9.17) is 5.11 Å². The molecule has 0 bridgehead atoms. The molecule has 19 heavy (non-hydrogen) atoms. The number of halogens is 4. The van der Waals surface area contributed by atoms with Crippen LogP contribution < -0.4 is 0 Å². The van der Waals surface area contributed by atoms with Gasteiger partial charge in [0, 0.05) is 13.2 Å². The molecule has 0 radical (unpaired) electrons. The van der Waals surface area contributed by atoms with Crippen LogP contribution in [0.5, 0.6) is 0 Å². The molecule has 0 spiro atoms. The highest BCUT2D eigenvalue weighted by molar-refractivity contribution is 6.21. The van der Waals surface area contributed by atoms with E-state index >= 15 is 0 Å². The maximum absolute atomic E-state index is 13.4. The Morgan fingerprint density at radius 2 is 1.26 bits per heavy atom. The van der Waals surface area contributed by atoms with Crippen LogP contribution in [0.2, 0.25) is 0 Å². The zero-order chi connectivity index (χ0) is 14.3. The lowest BCUT2D eigenvalue weighted by Crippen LogP contribution is -2.31. The van der Waals surface area contributed by atoms with Crippen LogP contribution in [0.3, 0.4) is 0 Å². The van der Waals surface area contributed by atoms with Crippen molar-refractivity contribution in [3.8, 4) is 0 Å². The van der Waals surface area contributed by atoms with Gasteiger partial charge in [0.25, 0.3) is 11.8 Å². The van der Waals surface area contributed by atoms with E-state index in [1.807, 2.05) is 0 Å². The van der Waals surface area contributed by atoms with E-state index in [1.54, 1.807) is 0 Å². The van der Waals surface area contributed by atoms with Crippen LogP contribution in [-0.4, -0.2) is 35.0 Å². The first kappa shape index (κ1) is 13.5. The molecule has 0 saturated heterocycles. The summed E-state index contributed by atoms with van der Waals surface area (Å²) in [7, 11) is 0. The molecule has 1 heterocycles. The predicted molar refractivity (Wildman–Crippen MR) is 53.3 cm³/mol.